The van der Waals surface area contributed by atoms with Gasteiger partial charge in [-0.3, -0.25) is 9.59 Å². The molecule has 2 aromatic rings. The highest BCUT2D eigenvalue weighted by atomic mass is 32.2. The third-order valence-corrected chi connectivity index (χ3v) is 6.63. The highest BCUT2D eigenvalue weighted by Gasteiger charge is 2.39. The molecule has 0 spiro atoms. The Morgan fingerprint density at radius 1 is 1.17 bits per heavy atom. The van der Waals surface area contributed by atoms with E-state index in [9.17, 15) is 14.0 Å². The number of amides is 2. The third kappa shape index (κ3) is 4.64. The molecule has 3 rings (SSSR count). The Bertz CT molecular complexity index is 885. The largest absolute Gasteiger partial charge is 0.334 e. The Hall–Kier alpha value is -2.34. The zero-order chi connectivity index (χ0) is 21.1. The van der Waals surface area contributed by atoms with Gasteiger partial charge in [-0.2, -0.15) is 0 Å². The fourth-order valence-corrected chi connectivity index (χ4v) is 4.98. The number of halogens is 1. The van der Waals surface area contributed by atoms with Crippen LogP contribution < -0.4 is 0 Å². The van der Waals surface area contributed by atoms with Gasteiger partial charge in [0.25, 0.3) is 5.91 Å². The maximum atomic E-state index is 13.2. The summed E-state index contributed by atoms with van der Waals surface area (Å²) in [4.78, 5) is 29.4. The first kappa shape index (κ1) is 21.4. The summed E-state index contributed by atoms with van der Waals surface area (Å²) in [6, 6.07) is 13.7. The van der Waals surface area contributed by atoms with Crippen molar-refractivity contribution >= 4 is 23.6 Å². The van der Waals surface area contributed by atoms with Crippen LogP contribution >= 0.6 is 11.8 Å². The van der Waals surface area contributed by atoms with E-state index in [2.05, 4.69) is 19.1 Å². The molecule has 0 saturated carbocycles. The summed E-state index contributed by atoms with van der Waals surface area (Å²) >= 11 is 1.65. The molecule has 0 N–H and O–H groups in total. The van der Waals surface area contributed by atoms with Crippen LogP contribution in [0.15, 0.2) is 48.5 Å². The molecule has 0 aliphatic carbocycles. The average Bonchev–Trinajstić information content (AvgIpc) is 2.97. The Morgan fingerprint density at radius 2 is 1.83 bits per heavy atom. The minimum atomic E-state index is -0.368. The number of carbonyl (C=O) groups is 2. The normalized spacial score (nSPS) is 19.1. The monoisotopic (exact) mass is 414 g/mol. The van der Waals surface area contributed by atoms with Gasteiger partial charge in [-0.15, -0.1) is 11.8 Å². The molecular formula is C23H27FN2O2S. The molecule has 1 aliphatic heterocycles. The predicted octanol–water partition coefficient (Wildman–Crippen LogP) is 4.65. The van der Waals surface area contributed by atoms with Crippen molar-refractivity contribution in [1.29, 1.82) is 0 Å². The van der Waals surface area contributed by atoms with E-state index in [0.29, 0.717) is 18.7 Å². The van der Waals surface area contributed by atoms with Crippen molar-refractivity contribution in [3.63, 3.8) is 0 Å². The topological polar surface area (TPSA) is 40.6 Å². The van der Waals surface area contributed by atoms with Crippen LogP contribution in [0.4, 0.5) is 4.39 Å². The fourth-order valence-electron chi connectivity index (χ4n) is 3.57. The molecule has 2 aromatic carbocycles. The van der Waals surface area contributed by atoms with Crippen molar-refractivity contribution in [2.45, 2.75) is 44.4 Å². The number of benzene rings is 2. The molecule has 0 unspecified atom stereocenters. The number of hydrogen-bond acceptors (Lipinski definition) is 3. The van der Waals surface area contributed by atoms with Gasteiger partial charge in [0.2, 0.25) is 5.91 Å². The van der Waals surface area contributed by atoms with Crippen molar-refractivity contribution in [3.8, 4) is 0 Å². The molecule has 0 bridgehead atoms. The molecule has 1 saturated heterocycles. The second-order valence-corrected chi connectivity index (χ2v) is 9.04. The van der Waals surface area contributed by atoms with Crippen LogP contribution in [0.3, 0.4) is 0 Å². The number of thioether (sulfide) groups is 1. The van der Waals surface area contributed by atoms with E-state index in [0.717, 1.165) is 11.1 Å². The Labute approximate surface area is 176 Å². The van der Waals surface area contributed by atoms with E-state index in [-0.39, 0.29) is 34.3 Å². The molecule has 6 heteroatoms. The van der Waals surface area contributed by atoms with Crippen molar-refractivity contribution < 1.29 is 14.0 Å². The second kappa shape index (κ2) is 8.99. The minimum absolute atomic E-state index is 0.0350. The van der Waals surface area contributed by atoms with Gasteiger partial charge in [0.1, 0.15) is 11.2 Å². The Kier molecular flexibility index (Phi) is 6.63. The zero-order valence-corrected chi connectivity index (χ0v) is 18.1. The lowest BCUT2D eigenvalue weighted by Gasteiger charge is -2.31. The van der Waals surface area contributed by atoms with E-state index >= 15 is 0 Å². The second-order valence-electron chi connectivity index (χ2n) is 7.62. The molecule has 1 aliphatic rings. The fraction of sp³-hybridized carbons (Fsp3) is 0.391. The molecule has 2 amide bonds. The molecule has 0 radical (unpaired) electrons. The lowest BCUT2D eigenvalue weighted by atomic mass is 10.1. The summed E-state index contributed by atoms with van der Waals surface area (Å²) in [5, 5.41) is -0.159. The van der Waals surface area contributed by atoms with E-state index < -0.39 is 0 Å². The van der Waals surface area contributed by atoms with Crippen LogP contribution in [0.2, 0.25) is 0 Å². The van der Waals surface area contributed by atoms with Gasteiger partial charge >= 0.3 is 0 Å². The summed E-state index contributed by atoms with van der Waals surface area (Å²) in [5.74, 6) is -0.423. The number of nitrogens with zero attached hydrogens (tertiary/aromatic N) is 2. The highest BCUT2D eigenvalue weighted by molar-refractivity contribution is 8.01. The van der Waals surface area contributed by atoms with Gasteiger partial charge in [0.05, 0.1) is 5.25 Å². The number of hydrogen-bond donors (Lipinski definition) is 0. The van der Waals surface area contributed by atoms with Gasteiger partial charge in [-0.25, -0.2) is 4.39 Å². The molecule has 1 heterocycles. The lowest BCUT2D eigenvalue weighted by molar-refractivity contribution is -0.130. The van der Waals surface area contributed by atoms with Gasteiger partial charge in [-0.1, -0.05) is 24.3 Å². The summed E-state index contributed by atoms with van der Waals surface area (Å²) in [5.41, 5.74) is 2.74. The molecule has 29 heavy (non-hydrogen) atoms. The maximum Gasteiger partial charge on any atom is 0.254 e. The van der Waals surface area contributed by atoms with Crippen molar-refractivity contribution in [2.75, 3.05) is 13.1 Å². The smallest absolute Gasteiger partial charge is 0.254 e. The van der Waals surface area contributed by atoms with Crippen LogP contribution in [-0.2, 0) is 4.79 Å². The average molecular weight is 415 g/mol. The van der Waals surface area contributed by atoms with Gasteiger partial charge < -0.3 is 9.80 Å². The van der Waals surface area contributed by atoms with Gasteiger partial charge in [0, 0.05) is 24.7 Å². The van der Waals surface area contributed by atoms with Crippen LogP contribution in [0.5, 0.6) is 0 Å². The minimum Gasteiger partial charge on any atom is -0.334 e. The van der Waals surface area contributed by atoms with Crippen molar-refractivity contribution in [2.24, 2.45) is 0 Å². The number of carbonyl (C=O) groups excluding carboxylic acids is 2. The first-order chi connectivity index (χ1) is 13.8. The van der Waals surface area contributed by atoms with Crippen LogP contribution in [-0.4, -0.2) is 46.0 Å². The zero-order valence-electron chi connectivity index (χ0n) is 17.3. The Morgan fingerprint density at radius 3 is 2.45 bits per heavy atom. The van der Waals surface area contributed by atoms with Crippen LogP contribution in [0, 0.1) is 12.7 Å². The molecule has 2 atom stereocenters. The van der Waals surface area contributed by atoms with Gasteiger partial charge in [0.15, 0.2) is 0 Å². The van der Waals surface area contributed by atoms with Crippen molar-refractivity contribution in [1.82, 2.24) is 9.80 Å². The SMILES string of the molecule is Cc1ccccc1[C@H]1S[C@@H](C)C(=O)N1CCN(C(=O)c1ccc(F)cc1)C(C)C. The van der Waals surface area contributed by atoms with E-state index in [1.807, 2.05) is 37.8 Å². The summed E-state index contributed by atoms with van der Waals surface area (Å²) < 4.78 is 13.2. The highest BCUT2D eigenvalue weighted by Crippen LogP contribution is 2.43. The van der Waals surface area contributed by atoms with Crippen molar-refractivity contribution in [3.05, 3.63) is 71.0 Å². The standard InChI is InChI=1S/C23H27FN2O2S/c1-15(2)25(22(28)18-9-11-19(24)12-10-18)13-14-26-21(27)17(4)29-23(26)20-8-6-5-7-16(20)3/h5-12,15,17,23H,13-14H2,1-4H3/t17-,23+/m0/s1. The number of aryl methyl sites for hydroxylation is 1. The quantitative estimate of drug-likeness (QED) is 0.691. The van der Waals surface area contributed by atoms with E-state index in [1.54, 1.807) is 16.7 Å². The molecular weight excluding hydrogens is 387 g/mol. The van der Waals surface area contributed by atoms with E-state index in [1.165, 1.54) is 24.3 Å². The molecule has 154 valence electrons. The van der Waals surface area contributed by atoms with E-state index in [4.69, 9.17) is 0 Å². The Balaban J connectivity index is 1.78. The molecule has 0 aromatic heterocycles. The number of rotatable bonds is 6. The third-order valence-electron chi connectivity index (χ3n) is 5.26. The first-order valence-electron chi connectivity index (χ1n) is 9.87. The lowest BCUT2D eigenvalue weighted by Crippen LogP contribution is -2.43. The maximum absolute atomic E-state index is 13.2. The molecule has 1 fully saturated rings. The molecule has 4 nitrogen and oxygen atoms in total. The summed E-state index contributed by atoms with van der Waals surface area (Å²) in [6.45, 7) is 8.77. The van der Waals surface area contributed by atoms with Gasteiger partial charge in [-0.05, 0) is 63.1 Å². The summed E-state index contributed by atoms with van der Waals surface area (Å²) in [6.07, 6.45) is 0. The van der Waals surface area contributed by atoms with Crippen LogP contribution in [0.1, 0.15) is 47.6 Å². The first-order valence-corrected chi connectivity index (χ1v) is 10.8. The van der Waals surface area contributed by atoms with Crippen LogP contribution in [0.25, 0.3) is 0 Å². The predicted molar refractivity (Wildman–Crippen MR) is 115 cm³/mol. The summed E-state index contributed by atoms with van der Waals surface area (Å²) in [7, 11) is 0.